The van der Waals surface area contributed by atoms with Crippen LogP contribution in [0.5, 0.6) is 0 Å². The van der Waals surface area contributed by atoms with Gasteiger partial charge in [0.05, 0.1) is 0 Å². The van der Waals surface area contributed by atoms with Crippen LogP contribution >= 0.6 is 0 Å². The summed E-state index contributed by atoms with van der Waals surface area (Å²) in [6.45, 7) is 1.86. The topological polar surface area (TPSA) is 49.4 Å². The van der Waals surface area contributed by atoms with Crippen LogP contribution in [-0.4, -0.2) is 29.8 Å². The molecule has 2 amide bonds. The molecule has 4 nitrogen and oxygen atoms in total. The predicted octanol–water partition coefficient (Wildman–Crippen LogP) is 2.44. The molecule has 1 N–H and O–H groups in total. The van der Waals surface area contributed by atoms with E-state index in [0.717, 1.165) is 48.2 Å². The summed E-state index contributed by atoms with van der Waals surface area (Å²) < 4.78 is 0. The molecule has 4 heteroatoms. The molecule has 21 heavy (non-hydrogen) atoms. The van der Waals surface area contributed by atoms with Gasteiger partial charge in [0.25, 0.3) is 5.91 Å². The van der Waals surface area contributed by atoms with Gasteiger partial charge >= 0.3 is 0 Å². The Kier molecular flexibility index (Phi) is 2.98. The molecule has 1 saturated heterocycles. The fourth-order valence-corrected chi connectivity index (χ4v) is 3.59. The third-order valence-electron chi connectivity index (χ3n) is 5.26. The van der Waals surface area contributed by atoms with Crippen molar-refractivity contribution in [3.05, 3.63) is 29.3 Å². The molecule has 3 aliphatic rings. The Hall–Kier alpha value is -1.84. The number of likely N-dealkylation sites (tertiary alicyclic amines) is 1. The van der Waals surface area contributed by atoms with E-state index in [-0.39, 0.29) is 11.8 Å². The van der Waals surface area contributed by atoms with Crippen molar-refractivity contribution in [1.82, 2.24) is 4.90 Å². The Morgan fingerprint density at radius 3 is 2.67 bits per heavy atom. The third kappa shape index (κ3) is 2.23. The second-order valence-electron chi connectivity index (χ2n) is 6.58. The largest absolute Gasteiger partial charge is 0.338 e. The summed E-state index contributed by atoms with van der Waals surface area (Å²) in [5.74, 6) is 1.81. The predicted molar refractivity (Wildman–Crippen MR) is 80.1 cm³/mol. The van der Waals surface area contributed by atoms with Gasteiger partial charge in [0.15, 0.2) is 0 Å². The zero-order chi connectivity index (χ0) is 14.4. The van der Waals surface area contributed by atoms with E-state index in [1.54, 1.807) is 0 Å². The molecule has 0 unspecified atom stereocenters. The van der Waals surface area contributed by atoms with Crippen LogP contribution in [0.3, 0.4) is 0 Å². The number of nitrogens with zero attached hydrogens (tertiary/aromatic N) is 1. The molecule has 2 heterocycles. The first-order chi connectivity index (χ1) is 10.2. The molecule has 0 aromatic heterocycles. The van der Waals surface area contributed by atoms with E-state index >= 15 is 0 Å². The first kappa shape index (κ1) is 12.9. The summed E-state index contributed by atoms with van der Waals surface area (Å²) in [6, 6.07) is 5.65. The first-order valence-electron chi connectivity index (χ1n) is 7.93. The number of benzene rings is 1. The SMILES string of the molecule is O=C1CCc2cc(C(=O)N3CC(C4CCC4)C3)ccc2N1. The molecule has 110 valence electrons. The Balaban J connectivity index is 1.44. The molecule has 2 aliphatic heterocycles. The minimum Gasteiger partial charge on any atom is -0.338 e. The average molecular weight is 284 g/mol. The van der Waals surface area contributed by atoms with E-state index in [0.29, 0.717) is 6.42 Å². The number of carbonyl (C=O) groups is 2. The van der Waals surface area contributed by atoms with Gasteiger partial charge in [0.1, 0.15) is 0 Å². The van der Waals surface area contributed by atoms with Gasteiger partial charge in [-0.3, -0.25) is 9.59 Å². The maximum Gasteiger partial charge on any atom is 0.253 e. The number of anilines is 1. The molecule has 0 atom stereocenters. The van der Waals surface area contributed by atoms with E-state index in [2.05, 4.69) is 5.32 Å². The van der Waals surface area contributed by atoms with Gasteiger partial charge in [-0.05, 0) is 42.0 Å². The van der Waals surface area contributed by atoms with Crippen molar-refractivity contribution in [2.24, 2.45) is 11.8 Å². The second-order valence-corrected chi connectivity index (χ2v) is 6.58. The lowest BCUT2D eigenvalue weighted by molar-refractivity contribution is -0.116. The van der Waals surface area contributed by atoms with Crippen LogP contribution in [0.4, 0.5) is 5.69 Å². The zero-order valence-corrected chi connectivity index (χ0v) is 12.1. The van der Waals surface area contributed by atoms with Crippen molar-refractivity contribution in [2.75, 3.05) is 18.4 Å². The number of hydrogen-bond acceptors (Lipinski definition) is 2. The molecule has 1 saturated carbocycles. The smallest absolute Gasteiger partial charge is 0.253 e. The van der Waals surface area contributed by atoms with Gasteiger partial charge in [-0.25, -0.2) is 0 Å². The van der Waals surface area contributed by atoms with Crippen molar-refractivity contribution in [2.45, 2.75) is 32.1 Å². The highest BCUT2D eigenvalue weighted by molar-refractivity contribution is 5.98. The maximum atomic E-state index is 12.5. The molecule has 0 spiro atoms. The minimum atomic E-state index is 0.0626. The fraction of sp³-hybridized carbons (Fsp3) is 0.529. The van der Waals surface area contributed by atoms with Crippen LogP contribution in [-0.2, 0) is 11.2 Å². The zero-order valence-electron chi connectivity index (χ0n) is 12.1. The summed E-state index contributed by atoms with van der Waals surface area (Å²) in [5.41, 5.74) is 2.70. The van der Waals surface area contributed by atoms with Crippen LogP contribution < -0.4 is 5.32 Å². The Morgan fingerprint density at radius 2 is 1.95 bits per heavy atom. The van der Waals surface area contributed by atoms with Gasteiger partial charge in [-0.2, -0.15) is 0 Å². The van der Waals surface area contributed by atoms with E-state index < -0.39 is 0 Å². The van der Waals surface area contributed by atoms with Crippen LogP contribution in [0.15, 0.2) is 18.2 Å². The number of carbonyl (C=O) groups excluding carboxylic acids is 2. The summed E-state index contributed by atoms with van der Waals surface area (Å²) in [4.78, 5) is 25.8. The van der Waals surface area contributed by atoms with Crippen molar-refractivity contribution < 1.29 is 9.59 Å². The van der Waals surface area contributed by atoms with Gasteiger partial charge in [0.2, 0.25) is 5.91 Å². The van der Waals surface area contributed by atoms with Crippen molar-refractivity contribution in [1.29, 1.82) is 0 Å². The highest BCUT2D eigenvalue weighted by atomic mass is 16.2. The number of aryl methyl sites for hydroxylation is 1. The average Bonchev–Trinajstić information content (AvgIpc) is 2.39. The number of rotatable bonds is 2. The molecule has 4 rings (SSSR count). The molecule has 0 bridgehead atoms. The molecular formula is C17H20N2O2. The monoisotopic (exact) mass is 284 g/mol. The quantitative estimate of drug-likeness (QED) is 0.907. The second kappa shape index (κ2) is 4.86. The van der Waals surface area contributed by atoms with E-state index in [1.165, 1.54) is 19.3 Å². The summed E-state index contributed by atoms with van der Waals surface area (Å²) in [7, 11) is 0. The first-order valence-corrected chi connectivity index (χ1v) is 7.93. The molecule has 0 radical (unpaired) electrons. The molecule has 1 aromatic carbocycles. The third-order valence-corrected chi connectivity index (χ3v) is 5.26. The van der Waals surface area contributed by atoms with Crippen molar-refractivity contribution in [3.8, 4) is 0 Å². The van der Waals surface area contributed by atoms with Gasteiger partial charge in [-0.15, -0.1) is 0 Å². The van der Waals surface area contributed by atoms with E-state index in [1.807, 2.05) is 23.1 Å². The maximum absolute atomic E-state index is 12.5. The molecule has 2 fully saturated rings. The van der Waals surface area contributed by atoms with Crippen LogP contribution in [0.1, 0.15) is 41.6 Å². The Morgan fingerprint density at radius 1 is 1.14 bits per heavy atom. The highest BCUT2D eigenvalue weighted by Crippen LogP contribution is 2.38. The Labute approximate surface area is 124 Å². The molecule has 1 aromatic rings. The number of amides is 2. The molecular weight excluding hydrogens is 264 g/mol. The van der Waals surface area contributed by atoms with Gasteiger partial charge in [-0.1, -0.05) is 19.3 Å². The van der Waals surface area contributed by atoms with Gasteiger partial charge in [0, 0.05) is 30.8 Å². The van der Waals surface area contributed by atoms with E-state index in [9.17, 15) is 9.59 Å². The summed E-state index contributed by atoms with van der Waals surface area (Å²) in [5, 5.41) is 2.86. The molecule has 1 aliphatic carbocycles. The normalized spacial score (nSPS) is 22.1. The van der Waals surface area contributed by atoms with Crippen LogP contribution in [0.2, 0.25) is 0 Å². The van der Waals surface area contributed by atoms with Crippen LogP contribution in [0, 0.1) is 11.8 Å². The summed E-state index contributed by atoms with van der Waals surface area (Å²) in [6.07, 6.45) is 5.31. The van der Waals surface area contributed by atoms with Gasteiger partial charge < -0.3 is 10.2 Å². The van der Waals surface area contributed by atoms with E-state index in [4.69, 9.17) is 0 Å². The Bertz CT molecular complexity index is 601. The van der Waals surface area contributed by atoms with Crippen molar-refractivity contribution >= 4 is 17.5 Å². The van der Waals surface area contributed by atoms with Crippen molar-refractivity contribution in [3.63, 3.8) is 0 Å². The highest BCUT2D eigenvalue weighted by Gasteiger charge is 2.38. The van der Waals surface area contributed by atoms with Crippen LogP contribution in [0.25, 0.3) is 0 Å². The minimum absolute atomic E-state index is 0.0626. The lowest BCUT2D eigenvalue weighted by Gasteiger charge is -2.46. The lowest BCUT2D eigenvalue weighted by atomic mass is 9.72. The number of nitrogens with one attached hydrogen (secondary N) is 1. The standard InChI is InChI=1S/C17H20N2O2/c20-16-7-5-12-8-13(4-6-15(12)18-16)17(21)19-9-14(10-19)11-2-1-3-11/h4,6,8,11,14H,1-3,5,7,9-10H2,(H,18,20). The fourth-order valence-electron chi connectivity index (χ4n) is 3.59. The summed E-state index contributed by atoms with van der Waals surface area (Å²) >= 11 is 0. The number of fused-ring (bicyclic) bond motifs is 1. The number of hydrogen-bond donors (Lipinski definition) is 1. The lowest BCUT2D eigenvalue weighted by Crippen LogP contribution is -2.53.